The van der Waals surface area contributed by atoms with Gasteiger partial charge in [0.1, 0.15) is 6.10 Å². The molecule has 4 rings (SSSR count). The molecular formula is C27H42O3. The quantitative estimate of drug-likeness (QED) is 0.346. The molecule has 0 aromatic rings. The number of rotatable bonds is 7. The summed E-state index contributed by atoms with van der Waals surface area (Å²) in [6, 6.07) is 0. The summed E-state index contributed by atoms with van der Waals surface area (Å²) in [4.78, 5) is 24.5. The molecule has 0 aromatic heterocycles. The van der Waals surface area contributed by atoms with E-state index >= 15 is 0 Å². The molecule has 168 valence electrons. The number of ether oxygens (including phenoxy) is 1. The van der Waals surface area contributed by atoms with Crippen LogP contribution in [0.2, 0.25) is 0 Å². The van der Waals surface area contributed by atoms with Crippen molar-refractivity contribution < 1.29 is 14.3 Å². The van der Waals surface area contributed by atoms with E-state index in [-0.39, 0.29) is 17.5 Å². The van der Waals surface area contributed by atoms with Gasteiger partial charge in [0, 0.05) is 18.3 Å². The summed E-state index contributed by atoms with van der Waals surface area (Å²) in [7, 11) is 0. The van der Waals surface area contributed by atoms with Crippen LogP contribution in [0.4, 0.5) is 0 Å². The van der Waals surface area contributed by atoms with E-state index in [4.69, 9.17) is 4.74 Å². The van der Waals surface area contributed by atoms with Crippen molar-refractivity contribution in [3.05, 3.63) is 11.6 Å². The Morgan fingerprint density at radius 2 is 1.93 bits per heavy atom. The van der Waals surface area contributed by atoms with Gasteiger partial charge < -0.3 is 4.74 Å². The topological polar surface area (TPSA) is 43.4 Å². The maximum atomic E-state index is 12.6. The van der Waals surface area contributed by atoms with E-state index in [1.807, 2.05) is 6.08 Å². The summed E-state index contributed by atoms with van der Waals surface area (Å²) in [6.07, 6.45) is 16.1. The summed E-state index contributed by atoms with van der Waals surface area (Å²) in [5.41, 5.74) is 1.60. The lowest BCUT2D eigenvalue weighted by Gasteiger charge is -2.55. The average molecular weight is 415 g/mol. The molecule has 0 amide bonds. The van der Waals surface area contributed by atoms with Gasteiger partial charge in [0.2, 0.25) is 0 Å². The number of allylic oxidation sites excluding steroid dienone is 1. The summed E-state index contributed by atoms with van der Waals surface area (Å²) in [5, 5.41) is 0. The molecule has 0 bridgehead atoms. The van der Waals surface area contributed by atoms with Crippen LogP contribution in [-0.4, -0.2) is 17.9 Å². The first-order chi connectivity index (χ1) is 14.4. The van der Waals surface area contributed by atoms with Gasteiger partial charge in [-0.25, -0.2) is 0 Å². The minimum atomic E-state index is 0.0354. The van der Waals surface area contributed by atoms with Crippen molar-refractivity contribution in [2.75, 3.05) is 0 Å². The first kappa shape index (κ1) is 22.1. The average Bonchev–Trinajstić information content (AvgIpc) is 3.03. The van der Waals surface area contributed by atoms with Gasteiger partial charge in [0.15, 0.2) is 5.78 Å². The van der Waals surface area contributed by atoms with Crippen molar-refractivity contribution in [2.24, 2.45) is 35.0 Å². The predicted molar refractivity (Wildman–Crippen MR) is 120 cm³/mol. The van der Waals surface area contributed by atoms with Crippen LogP contribution < -0.4 is 0 Å². The molecule has 0 saturated heterocycles. The molecule has 0 aromatic carbocycles. The van der Waals surface area contributed by atoms with Crippen molar-refractivity contribution in [3.8, 4) is 0 Å². The zero-order valence-corrected chi connectivity index (χ0v) is 19.5. The van der Waals surface area contributed by atoms with E-state index in [1.54, 1.807) is 0 Å². The van der Waals surface area contributed by atoms with E-state index in [2.05, 4.69) is 20.8 Å². The maximum absolute atomic E-state index is 12.6. The molecular weight excluding hydrogens is 372 g/mol. The maximum Gasteiger partial charge on any atom is 0.306 e. The summed E-state index contributed by atoms with van der Waals surface area (Å²) < 4.78 is 6.13. The number of unbranched alkanes of at least 4 members (excludes halogenated alkanes) is 4. The van der Waals surface area contributed by atoms with Crippen LogP contribution in [0.3, 0.4) is 0 Å². The zero-order valence-electron chi connectivity index (χ0n) is 19.5. The Kier molecular flexibility index (Phi) is 6.75. The Morgan fingerprint density at radius 1 is 1.13 bits per heavy atom. The monoisotopic (exact) mass is 414 g/mol. The number of ketones is 1. The number of carbonyl (C=O) groups is 2. The fraction of sp³-hybridized carbons (Fsp3) is 0.852. The molecule has 0 radical (unpaired) electrons. The molecule has 0 heterocycles. The Hall–Kier alpha value is -1.12. The lowest BCUT2D eigenvalue weighted by Crippen LogP contribution is -2.50. The molecule has 3 heteroatoms. The predicted octanol–water partition coefficient (Wildman–Crippen LogP) is 6.65. The highest BCUT2D eigenvalue weighted by atomic mass is 16.5. The number of carbonyl (C=O) groups excluding carboxylic acids is 2. The van der Waals surface area contributed by atoms with E-state index in [0.717, 1.165) is 50.4 Å². The highest BCUT2D eigenvalue weighted by Crippen LogP contribution is 2.63. The highest BCUT2D eigenvalue weighted by Gasteiger charge is 2.58. The molecule has 7 atom stereocenters. The summed E-state index contributed by atoms with van der Waals surface area (Å²) in [5.74, 6) is 3.80. The third-order valence-corrected chi connectivity index (χ3v) is 9.31. The molecule has 3 fully saturated rings. The van der Waals surface area contributed by atoms with Gasteiger partial charge >= 0.3 is 5.97 Å². The zero-order chi connectivity index (χ0) is 21.3. The lowest BCUT2D eigenvalue weighted by molar-refractivity contribution is -0.159. The number of hydrogen-bond acceptors (Lipinski definition) is 3. The summed E-state index contributed by atoms with van der Waals surface area (Å²) in [6.45, 7) is 7.05. The van der Waals surface area contributed by atoms with Crippen LogP contribution in [0.25, 0.3) is 0 Å². The van der Waals surface area contributed by atoms with Crippen molar-refractivity contribution >= 4 is 11.8 Å². The standard InChI is InChI=1S/C27H42O3/c1-4-5-6-7-8-9-25(29)30-24-13-12-23-26-18(2)16-19-17-20(28)10-11-21(19)22(26)14-15-27(23,24)3/h17-18,21-24,26H,4-16H2,1-3H3/t18-,21+,22-,23+,24+,26-,27+/m1/s1. The second-order valence-electron chi connectivity index (χ2n) is 11.1. The molecule has 0 N–H and O–H groups in total. The highest BCUT2D eigenvalue weighted by molar-refractivity contribution is 5.91. The van der Waals surface area contributed by atoms with Crippen molar-refractivity contribution in [2.45, 2.75) is 110 Å². The minimum Gasteiger partial charge on any atom is -0.462 e. The molecule has 0 spiro atoms. The number of hydrogen-bond donors (Lipinski definition) is 0. The fourth-order valence-electron chi connectivity index (χ4n) is 7.82. The second-order valence-corrected chi connectivity index (χ2v) is 11.1. The van der Waals surface area contributed by atoms with Crippen molar-refractivity contribution in [1.82, 2.24) is 0 Å². The summed E-state index contributed by atoms with van der Waals surface area (Å²) >= 11 is 0. The van der Waals surface area contributed by atoms with Gasteiger partial charge in [-0.15, -0.1) is 0 Å². The van der Waals surface area contributed by atoms with Crippen molar-refractivity contribution in [1.29, 1.82) is 0 Å². The third-order valence-electron chi connectivity index (χ3n) is 9.31. The molecule has 3 nitrogen and oxygen atoms in total. The van der Waals surface area contributed by atoms with Crippen LogP contribution in [0.1, 0.15) is 104 Å². The first-order valence-electron chi connectivity index (χ1n) is 12.9. The normalized spacial score (nSPS) is 40.2. The Balaban J connectivity index is 1.39. The molecule has 30 heavy (non-hydrogen) atoms. The van der Waals surface area contributed by atoms with Crippen LogP contribution in [0.5, 0.6) is 0 Å². The van der Waals surface area contributed by atoms with Crippen LogP contribution in [0, 0.1) is 35.0 Å². The van der Waals surface area contributed by atoms with E-state index in [0.29, 0.717) is 30.0 Å². The number of esters is 1. The van der Waals surface area contributed by atoms with Crippen molar-refractivity contribution in [3.63, 3.8) is 0 Å². The number of fused-ring (bicyclic) bond motifs is 5. The van der Waals surface area contributed by atoms with Crippen LogP contribution >= 0.6 is 0 Å². The second kappa shape index (κ2) is 9.17. The Labute approximate surface area is 183 Å². The van der Waals surface area contributed by atoms with Crippen LogP contribution in [-0.2, 0) is 14.3 Å². The van der Waals surface area contributed by atoms with E-state index in [9.17, 15) is 9.59 Å². The first-order valence-corrected chi connectivity index (χ1v) is 12.9. The van der Waals surface area contributed by atoms with Gasteiger partial charge in [0.25, 0.3) is 0 Å². The van der Waals surface area contributed by atoms with Gasteiger partial charge in [0.05, 0.1) is 0 Å². The van der Waals surface area contributed by atoms with E-state index in [1.165, 1.54) is 44.1 Å². The van der Waals surface area contributed by atoms with Gasteiger partial charge in [-0.1, -0.05) is 52.0 Å². The molecule has 0 unspecified atom stereocenters. The van der Waals surface area contributed by atoms with Gasteiger partial charge in [-0.2, -0.15) is 0 Å². The SMILES string of the molecule is CCCCCCCC(=O)O[C@H]1CC[C@H]2[C@H]3[C@H](CC[C@]12C)[C@H]1CCC(=O)C=C1C[C@H]3C. The minimum absolute atomic E-state index is 0.0354. The molecule has 4 aliphatic carbocycles. The molecule has 0 aliphatic heterocycles. The smallest absolute Gasteiger partial charge is 0.306 e. The molecule has 3 saturated carbocycles. The largest absolute Gasteiger partial charge is 0.462 e. The Morgan fingerprint density at radius 3 is 2.73 bits per heavy atom. The van der Waals surface area contributed by atoms with E-state index < -0.39 is 0 Å². The van der Waals surface area contributed by atoms with Gasteiger partial charge in [-0.3, -0.25) is 9.59 Å². The van der Waals surface area contributed by atoms with Crippen LogP contribution in [0.15, 0.2) is 11.6 Å². The molecule has 4 aliphatic rings. The Bertz CT molecular complexity index is 680. The lowest BCUT2D eigenvalue weighted by atomic mass is 9.49. The third kappa shape index (κ3) is 4.15. The van der Waals surface area contributed by atoms with Gasteiger partial charge in [-0.05, 0) is 80.6 Å². The fourth-order valence-corrected chi connectivity index (χ4v) is 7.82.